The summed E-state index contributed by atoms with van der Waals surface area (Å²) in [5.41, 5.74) is -4.19. The average Bonchev–Trinajstić information content (AvgIpc) is 2.93. The Kier molecular flexibility index (Phi) is 12.0. The van der Waals surface area contributed by atoms with Crippen molar-refractivity contribution in [3.63, 3.8) is 0 Å². The number of alkyl halides is 6. The van der Waals surface area contributed by atoms with Crippen molar-refractivity contribution in [3.05, 3.63) is 40.1 Å². The third kappa shape index (κ3) is 10.9. The van der Waals surface area contributed by atoms with Crippen LogP contribution in [0.4, 0.5) is 38.0 Å². The number of hydrogen-bond acceptors (Lipinski definition) is 9. The molecule has 0 aromatic carbocycles. The van der Waals surface area contributed by atoms with Crippen LogP contribution in [-0.4, -0.2) is 78.2 Å². The molecule has 11 nitrogen and oxygen atoms in total. The molecule has 1 atom stereocenters. The van der Waals surface area contributed by atoms with Gasteiger partial charge >= 0.3 is 12.4 Å². The zero-order chi connectivity index (χ0) is 33.6. The molecular formula is C27H39F6N7O4Si. The lowest BCUT2D eigenvalue weighted by atomic mass is 9.93. The first kappa shape index (κ1) is 36.2. The van der Waals surface area contributed by atoms with Crippen molar-refractivity contribution in [1.29, 1.82) is 0 Å². The third-order valence-corrected chi connectivity index (χ3v) is 8.84. The standard InChI is InChI=1S/C27H39F6N7O4Si/c1-18(37-21-15-36-40(17-43-10-11-45(3,4)5)24(42)23(21)27(31,32)33)16-44-38(2)22(41)12-19-6-8-39(9-7-19)25-34-13-20(14-35-25)26(28,29)30/h13-15,18-19,37H,6-12,16-17H2,1-5H3/t18-/m0/s1. The Morgan fingerprint density at radius 1 is 1.09 bits per heavy atom. The molecular weight excluding hydrogens is 628 g/mol. The number of piperidine rings is 1. The van der Waals surface area contributed by atoms with Crippen LogP contribution in [0.3, 0.4) is 0 Å². The maximum Gasteiger partial charge on any atom is 0.423 e. The Labute approximate surface area is 257 Å². The second kappa shape index (κ2) is 14.9. The van der Waals surface area contributed by atoms with Crippen molar-refractivity contribution in [2.75, 3.05) is 43.6 Å². The minimum Gasteiger partial charge on any atom is -0.378 e. The highest BCUT2D eigenvalue weighted by molar-refractivity contribution is 6.76. The minimum absolute atomic E-state index is 0.0174. The number of anilines is 2. The molecule has 1 amide bonds. The van der Waals surface area contributed by atoms with E-state index in [1.54, 1.807) is 4.90 Å². The van der Waals surface area contributed by atoms with Crippen LogP contribution in [0.15, 0.2) is 23.4 Å². The highest BCUT2D eigenvalue weighted by atomic mass is 28.3. The van der Waals surface area contributed by atoms with Gasteiger partial charge in [-0.2, -0.15) is 31.4 Å². The molecule has 0 radical (unpaired) electrons. The van der Waals surface area contributed by atoms with E-state index in [1.807, 2.05) is 0 Å². The largest absolute Gasteiger partial charge is 0.423 e. The van der Waals surface area contributed by atoms with Gasteiger partial charge in [-0.3, -0.25) is 14.4 Å². The van der Waals surface area contributed by atoms with Gasteiger partial charge in [-0.25, -0.2) is 19.7 Å². The predicted molar refractivity (Wildman–Crippen MR) is 156 cm³/mol. The van der Waals surface area contributed by atoms with Gasteiger partial charge in [0.2, 0.25) is 11.9 Å². The number of nitrogens with one attached hydrogen (secondary N) is 1. The molecule has 3 heterocycles. The quantitative estimate of drug-likeness (QED) is 0.138. The van der Waals surface area contributed by atoms with Gasteiger partial charge < -0.3 is 15.0 Å². The Morgan fingerprint density at radius 3 is 2.27 bits per heavy atom. The summed E-state index contributed by atoms with van der Waals surface area (Å²) in [6, 6.07) is 0.0427. The molecule has 2 aromatic rings. The Hall–Kier alpha value is -3.25. The summed E-state index contributed by atoms with van der Waals surface area (Å²) in [6.45, 7) is 8.52. The molecule has 2 aromatic heterocycles. The Morgan fingerprint density at radius 2 is 1.71 bits per heavy atom. The highest BCUT2D eigenvalue weighted by Gasteiger charge is 2.39. The van der Waals surface area contributed by atoms with E-state index in [-0.39, 0.29) is 30.8 Å². The molecule has 0 bridgehead atoms. The molecule has 0 saturated carbocycles. The van der Waals surface area contributed by atoms with E-state index in [0.29, 0.717) is 37.2 Å². The fraction of sp³-hybridized carbons (Fsp3) is 0.667. The SMILES string of the molecule is C[C@@H](CON(C)C(=O)CC1CCN(c2ncc(C(F)(F)F)cn2)CC1)Nc1cnn(COCC[Si](C)(C)C)c(=O)c1C(F)(F)F. The van der Waals surface area contributed by atoms with E-state index in [4.69, 9.17) is 9.57 Å². The molecule has 1 aliphatic heterocycles. The van der Waals surface area contributed by atoms with Crippen LogP contribution in [-0.2, 0) is 33.5 Å². The summed E-state index contributed by atoms with van der Waals surface area (Å²) < 4.78 is 85.8. The van der Waals surface area contributed by atoms with Crippen molar-refractivity contribution in [1.82, 2.24) is 24.8 Å². The maximum atomic E-state index is 13.9. The number of aromatic nitrogens is 4. The molecule has 0 aliphatic carbocycles. The van der Waals surface area contributed by atoms with Gasteiger partial charge in [-0.05, 0) is 31.7 Å². The zero-order valence-corrected chi connectivity index (χ0v) is 26.8. The van der Waals surface area contributed by atoms with Crippen molar-refractivity contribution >= 4 is 25.6 Å². The lowest BCUT2D eigenvalue weighted by Gasteiger charge is -2.32. The normalized spacial score (nSPS) is 15.7. The lowest BCUT2D eigenvalue weighted by Crippen LogP contribution is -2.38. The van der Waals surface area contributed by atoms with Crippen LogP contribution in [0.1, 0.15) is 37.3 Å². The second-order valence-corrected chi connectivity index (χ2v) is 17.8. The van der Waals surface area contributed by atoms with E-state index >= 15 is 0 Å². The second-order valence-electron chi connectivity index (χ2n) is 12.2. The summed E-state index contributed by atoms with van der Waals surface area (Å²) >= 11 is 0. The number of halogens is 6. The first-order valence-electron chi connectivity index (χ1n) is 14.4. The van der Waals surface area contributed by atoms with Crippen molar-refractivity contribution in [2.24, 2.45) is 5.92 Å². The van der Waals surface area contributed by atoms with Gasteiger partial charge in [0.1, 0.15) is 12.3 Å². The van der Waals surface area contributed by atoms with E-state index in [1.165, 1.54) is 14.0 Å². The van der Waals surface area contributed by atoms with Gasteiger partial charge in [0.15, 0.2) is 0 Å². The summed E-state index contributed by atoms with van der Waals surface area (Å²) in [5.74, 6) is -0.182. The maximum absolute atomic E-state index is 13.9. The minimum atomic E-state index is -4.95. The van der Waals surface area contributed by atoms with Crippen LogP contribution in [0, 0.1) is 5.92 Å². The molecule has 3 rings (SSSR count). The summed E-state index contributed by atoms with van der Waals surface area (Å²) in [4.78, 5) is 40.2. The number of amides is 1. The van der Waals surface area contributed by atoms with Crippen molar-refractivity contribution in [2.45, 2.75) is 77.0 Å². The average molecular weight is 668 g/mol. The Bertz CT molecular complexity index is 1330. The number of hydrogen-bond donors (Lipinski definition) is 1. The van der Waals surface area contributed by atoms with Crippen LogP contribution in [0.25, 0.3) is 0 Å². The monoisotopic (exact) mass is 667 g/mol. The Balaban J connectivity index is 1.48. The summed E-state index contributed by atoms with van der Waals surface area (Å²) in [7, 11) is -0.0291. The first-order valence-corrected chi connectivity index (χ1v) is 18.1. The number of nitrogens with zero attached hydrogens (tertiary/aromatic N) is 6. The molecule has 252 valence electrons. The fourth-order valence-electron chi connectivity index (χ4n) is 4.44. The van der Waals surface area contributed by atoms with Crippen LogP contribution >= 0.6 is 0 Å². The first-order chi connectivity index (χ1) is 20.8. The number of ether oxygens (including phenoxy) is 1. The van der Waals surface area contributed by atoms with E-state index in [0.717, 1.165) is 29.7 Å². The number of rotatable bonds is 13. The van der Waals surface area contributed by atoms with E-state index in [2.05, 4.69) is 40.0 Å². The molecule has 0 spiro atoms. The molecule has 1 aliphatic rings. The molecule has 45 heavy (non-hydrogen) atoms. The molecule has 1 N–H and O–H groups in total. The van der Waals surface area contributed by atoms with Crippen molar-refractivity contribution in [3.8, 4) is 0 Å². The van der Waals surface area contributed by atoms with E-state index < -0.39 is 55.6 Å². The van der Waals surface area contributed by atoms with Gasteiger partial charge in [0.25, 0.3) is 5.56 Å². The van der Waals surface area contributed by atoms with Crippen LogP contribution < -0.4 is 15.8 Å². The predicted octanol–water partition coefficient (Wildman–Crippen LogP) is 4.88. The van der Waals surface area contributed by atoms with Gasteiger partial charge in [-0.1, -0.05) is 19.6 Å². The van der Waals surface area contributed by atoms with Gasteiger partial charge in [0.05, 0.1) is 24.1 Å². The zero-order valence-electron chi connectivity index (χ0n) is 25.8. The highest BCUT2D eigenvalue weighted by Crippen LogP contribution is 2.32. The summed E-state index contributed by atoms with van der Waals surface area (Å²) in [5, 5.41) is 7.45. The number of hydroxylamine groups is 2. The number of carbonyl (C=O) groups is 1. The lowest BCUT2D eigenvalue weighted by molar-refractivity contribution is -0.180. The van der Waals surface area contributed by atoms with Crippen LogP contribution in [0.5, 0.6) is 0 Å². The number of carbonyl (C=O) groups excluding carboxylic acids is 1. The summed E-state index contributed by atoms with van der Waals surface area (Å²) in [6.07, 6.45) is -5.80. The van der Waals surface area contributed by atoms with Gasteiger partial charge in [0, 0.05) is 59.7 Å². The van der Waals surface area contributed by atoms with E-state index in [9.17, 15) is 35.9 Å². The fourth-order valence-corrected chi connectivity index (χ4v) is 5.20. The topological polar surface area (TPSA) is 115 Å². The molecule has 18 heteroatoms. The van der Waals surface area contributed by atoms with Gasteiger partial charge in [-0.15, -0.1) is 0 Å². The smallest absolute Gasteiger partial charge is 0.378 e. The van der Waals surface area contributed by atoms with Crippen LogP contribution in [0.2, 0.25) is 25.7 Å². The third-order valence-electron chi connectivity index (χ3n) is 7.13. The molecule has 1 saturated heterocycles. The van der Waals surface area contributed by atoms with Crippen molar-refractivity contribution < 1.29 is 40.7 Å². The molecule has 1 fully saturated rings. The molecule has 0 unspecified atom stereocenters.